The Hall–Kier alpha value is -1.55. The molecule has 0 aliphatic carbocycles. The van der Waals surface area contributed by atoms with E-state index in [4.69, 9.17) is 4.74 Å². The Labute approximate surface area is 121 Å². The number of ether oxygens (including phenoxy) is 1. The lowest BCUT2D eigenvalue weighted by Gasteiger charge is -2.18. The summed E-state index contributed by atoms with van der Waals surface area (Å²) in [5.74, 6) is 0.259. The fourth-order valence-electron chi connectivity index (χ4n) is 1.89. The highest BCUT2D eigenvalue weighted by molar-refractivity contribution is 5.81. The van der Waals surface area contributed by atoms with Crippen LogP contribution in [0.1, 0.15) is 45.3 Å². The Morgan fingerprint density at radius 1 is 1.40 bits per heavy atom. The number of methoxy groups -OCH3 is 1. The smallest absolute Gasteiger partial charge is 0.253 e. The Morgan fingerprint density at radius 3 is 2.70 bits per heavy atom. The fourth-order valence-corrected chi connectivity index (χ4v) is 1.89. The predicted octanol–water partition coefficient (Wildman–Crippen LogP) is 2.67. The third kappa shape index (κ3) is 5.61. The van der Waals surface area contributed by atoms with Crippen molar-refractivity contribution in [3.63, 3.8) is 0 Å². The van der Waals surface area contributed by atoms with Crippen LogP contribution in [0.15, 0.2) is 24.3 Å². The number of hydrogen-bond acceptors (Lipinski definition) is 3. The highest BCUT2D eigenvalue weighted by Crippen LogP contribution is 2.21. The van der Waals surface area contributed by atoms with Gasteiger partial charge in [0.2, 0.25) is 0 Å². The summed E-state index contributed by atoms with van der Waals surface area (Å²) >= 11 is 0. The van der Waals surface area contributed by atoms with Gasteiger partial charge in [0.1, 0.15) is 5.75 Å². The maximum absolute atomic E-state index is 11.9. The molecule has 1 atom stereocenters. The van der Waals surface area contributed by atoms with Gasteiger partial charge < -0.3 is 15.2 Å². The summed E-state index contributed by atoms with van der Waals surface area (Å²) in [6.07, 6.45) is 0.780. The van der Waals surface area contributed by atoms with Gasteiger partial charge in [-0.15, -0.1) is 0 Å². The highest BCUT2D eigenvalue weighted by atomic mass is 16.5. The number of amides is 1. The molecule has 0 fully saturated rings. The second-order valence-electron chi connectivity index (χ2n) is 6.13. The van der Waals surface area contributed by atoms with Crippen molar-refractivity contribution in [1.82, 2.24) is 5.32 Å². The van der Waals surface area contributed by atoms with Gasteiger partial charge in [-0.1, -0.05) is 32.9 Å². The Balaban J connectivity index is 2.46. The molecule has 1 aromatic carbocycles. The van der Waals surface area contributed by atoms with Gasteiger partial charge >= 0.3 is 0 Å². The third-order valence-corrected chi connectivity index (χ3v) is 3.06. The molecule has 0 bridgehead atoms. The van der Waals surface area contributed by atoms with E-state index in [1.54, 1.807) is 31.4 Å². The standard InChI is InChI=1S/C16H25NO3/c1-16(2,3)9-6-10-17-15(19)14(18)12-7-5-8-13(11-12)20-4/h5,7-8,11,14,18H,6,9-10H2,1-4H3,(H,17,19). The maximum Gasteiger partial charge on any atom is 0.253 e. The number of carbonyl (C=O) groups is 1. The summed E-state index contributed by atoms with van der Waals surface area (Å²) in [6, 6.07) is 6.91. The molecule has 4 nitrogen and oxygen atoms in total. The molecule has 0 saturated carbocycles. The maximum atomic E-state index is 11.9. The first-order valence-electron chi connectivity index (χ1n) is 6.93. The minimum Gasteiger partial charge on any atom is -0.497 e. The lowest BCUT2D eigenvalue weighted by Crippen LogP contribution is -2.30. The molecule has 0 spiro atoms. The molecule has 20 heavy (non-hydrogen) atoms. The zero-order valence-corrected chi connectivity index (χ0v) is 12.8. The first-order valence-corrected chi connectivity index (χ1v) is 6.93. The largest absolute Gasteiger partial charge is 0.497 e. The van der Waals surface area contributed by atoms with Crippen molar-refractivity contribution in [3.8, 4) is 5.75 Å². The van der Waals surface area contributed by atoms with Crippen molar-refractivity contribution in [1.29, 1.82) is 0 Å². The van der Waals surface area contributed by atoms with Crippen molar-refractivity contribution < 1.29 is 14.6 Å². The van der Waals surface area contributed by atoms with E-state index in [0.29, 0.717) is 17.9 Å². The van der Waals surface area contributed by atoms with Crippen LogP contribution in [-0.2, 0) is 4.79 Å². The van der Waals surface area contributed by atoms with E-state index in [1.165, 1.54) is 0 Å². The monoisotopic (exact) mass is 279 g/mol. The molecular weight excluding hydrogens is 254 g/mol. The number of benzene rings is 1. The number of hydrogen-bond donors (Lipinski definition) is 2. The summed E-state index contributed by atoms with van der Waals surface area (Å²) in [6.45, 7) is 7.08. The van der Waals surface area contributed by atoms with Crippen LogP contribution in [0.4, 0.5) is 0 Å². The second kappa shape index (κ2) is 7.29. The predicted molar refractivity (Wildman–Crippen MR) is 79.7 cm³/mol. The summed E-state index contributed by atoms with van der Waals surface area (Å²) < 4.78 is 5.08. The van der Waals surface area contributed by atoms with Crippen LogP contribution in [0.5, 0.6) is 5.75 Å². The van der Waals surface area contributed by atoms with Gasteiger partial charge in [-0.25, -0.2) is 0 Å². The zero-order valence-electron chi connectivity index (χ0n) is 12.8. The average molecular weight is 279 g/mol. The van der Waals surface area contributed by atoms with Crippen LogP contribution in [0.25, 0.3) is 0 Å². The number of nitrogens with one attached hydrogen (secondary N) is 1. The van der Waals surface area contributed by atoms with E-state index >= 15 is 0 Å². The van der Waals surface area contributed by atoms with Gasteiger partial charge in [0.05, 0.1) is 7.11 Å². The van der Waals surface area contributed by atoms with Gasteiger partial charge in [-0.05, 0) is 36.0 Å². The summed E-state index contributed by atoms with van der Waals surface area (Å²) in [4.78, 5) is 11.9. The fraction of sp³-hybridized carbons (Fsp3) is 0.562. The second-order valence-corrected chi connectivity index (χ2v) is 6.13. The minimum absolute atomic E-state index is 0.260. The summed E-state index contributed by atoms with van der Waals surface area (Å²) in [5.41, 5.74) is 0.800. The molecule has 1 aromatic rings. The average Bonchev–Trinajstić information content (AvgIpc) is 2.41. The normalized spacial score (nSPS) is 12.8. The van der Waals surface area contributed by atoms with Crippen molar-refractivity contribution in [2.24, 2.45) is 5.41 Å². The molecule has 2 N–H and O–H groups in total. The third-order valence-electron chi connectivity index (χ3n) is 3.06. The van der Waals surface area contributed by atoms with Gasteiger partial charge in [0.25, 0.3) is 5.91 Å². The Kier molecular flexibility index (Phi) is 6.02. The summed E-state index contributed by atoms with van der Waals surface area (Å²) in [5, 5.41) is 12.8. The highest BCUT2D eigenvalue weighted by Gasteiger charge is 2.17. The zero-order chi connectivity index (χ0) is 15.2. The number of aliphatic hydroxyl groups is 1. The quantitative estimate of drug-likeness (QED) is 0.787. The van der Waals surface area contributed by atoms with Crippen molar-refractivity contribution >= 4 is 5.91 Å². The number of rotatable bonds is 6. The van der Waals surface area contributed by atoms with Crippen LogP contribution in [0.3, 0.4) is 0 Å². The minimum atomic E-state index is -1.15. The molecule has 1 amide bonds. The van der Waals surface area contributed by atoms with E-state index in [9.17, 15) is 9.90 Å². The van der Waals surface area contributed by atoms with Gasteiger partial charge in [0, 0.05) is 6.54 Å². The molecule has 1 unspecified atom stereocenters. The van der Waals surface area contributed by atoms with E-state index in [2.05, 4.69) is 26.1 Å². The Bertz CT molecular complexity index is 438. The molecule has 0 heterocycles. The van der Waals surface area contributed by atoms with Gasteiger partial charge in [-0.2, -0.15) is 0 Å². The van der Waals surface area contributed by atoms with E-state index in [0.717, 1.165) is 12.8 Å². The van der Waals surface area contributed by atoms with E-state index in [-0.39, 0.29) is 11.3 Å². The number of carbonyl (C=O) groups excluding carboxylic acids is 1. The molecule has 112 valence electrons. The van der Waals surface area contributed by atoms with Crippen molar-refractivity contribution in [3.05, 3.63) is 29.8 Å². The summed E-state index contributed by atoms with van der Waals surface area (Å²) in [7, 11) is 1.55. The van der Waals surface area contributed by atoms with E-state index in [1.807, 2.05) is 0 Å². The van der Waals surface area contributed by atoms with Crippen LogP contribution in [0.2, 0.25) is 0 Å². The molecular formula is C16H25NO3. The molecule has 0 radical (unpaired) electrons. The Morgan fingerprint density at radius 2 is 2.10 bits per heavy atom. The molecule has 0 aliphatic heterocycles. The van der Waals surface area contributed by atoms with Crippen LogP contribution < -0.4 is 10.1 Å². The number of aliphatic hydroxyl groups excluding tert-OH is 1. The van der Waals surface area contributed by atoms with Gasteiger partial charge in [0.15, 0.2) is 6.10 Å². The SMILES string of the molecule is COc1cccc(C(O)C(=O)NCCCC(C)(C)C)c1. The molecule has 1 rings (SSSR count). The molecule has 0 aromatic heterocycles. The molecule has 0 aliphatic rings. The van der Waals surface area contributed by atoms with E-state index < -0.39 is 6.10 Å². The molecule has 4 heteroatoms. The molecule has 0 saturated heterocycles. The first kappa shape index (κ1) is 16.5. The lowest BCUT2D eigenvalue weighted by molar-refractivity contribution is -0.129. The van der Waals surface area contributed by atoms with Crippen molar-refractivity contribution in [2.75, 3.05) is 13.7 Å². The van der Waals surface area contributed by atoms with Crippen molar-refractivity contribution in [2.45, 2.75) is 39.7 Å². The topological polar surface area (TPSA) is 58.6 Å². The lowest BCUT2D eigenvalue weighted by atomic mass is 9.91. The van der Waals surface area contributed by atoms with Crippen LogP contribution in [0, 0.1) is 5.41 Å². The van der Waals surface area contributed by atoms with Gasteiger partial charge in [-0.3, -0.25) is 4.79 Å². The van der Waals surface area contributed by atoms with Crippen LogP contribution >= 0.6 is 0 Å². The first-order chi connectivity index (χ1) is 9.33. The van der Waals surface area contributed by atoms with Crippen LogP contribution in [-0.4, -0.2) is 24.7 Å².